The van der Waals surface area contributed by atoms with Crippen molar-refractivity contribution in [2.24, 2.45) is 51.2 Å². The average Bonchev–Trinajstić information content (AvgIpc) is 3.17. The summed E-state index contributed by atoms with van der Waals surface area (Å²) in [6.07, 6.45) is 9.39. The topological polar surface area (TPSA) is 43.4 Å². The van der Waals surface area contributed by atoms with Crippen LogP contribution >= 0.6 is 0 Å². The molecule has 0 unspecified atom stereocenters. The maximum Gasteiger partial charge on any atom is 0.319 e. The van der Waals surface area contributed by atoms with Crippen LogP contribution in [0.3, 0.4) is 0 Å². The summed E-state index contributed by atoms with van der Waals surface area (Å²) >= 11 is 0. The van der Waals surface area contributed by atoms with Gasteiger partial charge in [0.05, 0.1) is 11.3 Å². The van der Waals surface area contributed by atoms with E-state index in [9.17, 15) is 9.59 Å². The maximum atomic E-state index is 13.2. The van der Waals surface area contributed by atoms with Crippen LogP contribution in [-0.4, -0.2) is 11.9 Å². The molecule has 0 aromatic carbocycles. The molecule has 3 nitrogen and oxygen atoms in total. The monoisotopic (exact) mass is 384 g/mol. The van der Waals surface area contributed by atoms with E-state index in [0.29, 0.717) is 10.8 Å². The molecule has 0 heterocycles. The highest BCUT2D eigenvalue weighted by atomic mass is 16.6. The quantitative estimate of drug-likeness (QED) is 0.357. The first-order chi connectivity index (χ1) is 13.0. The Morgan fingerprint density at radius 2 is 1.86 bits per heavy atom. The third kappa shape index (κ3) is 1.92. The molecule has 4 bridgehead atoms. The molecule has 0 saturated heterocycles. The van der Waals surface area contributed by atoms with Gasteiger partial charge in [-0.2, -0.15) is 0 Å². The van der Waals surface area contributed by atoms with Crippen molar-refractivity contribution in [1.29, 1.82) is 0 Å². The summed E-state index contributed by atoms with van der Waals surface area (Å²) in [5, 5.41) is 0. The lowest BCUT2D eigenvalue weighted by Gasteiger charge is -2.62. The van der Waals surface area contributed by atoms with Gasteiger partial charge in [0.25, 0.3) is 0 Å². The molecule has 28 heavy (non-hydrogen) atoms. The summed E-state index contributed by atoms with van der Waals surface area (Å²) in [4.78, 5) is 25.3. The Kier molecular flexibility index (Phi) is 3.59. The fourth-order valence-corrected chi connectivity index (χ4v) is 8.78. The van der Waals surface area contributed by atoms with Crippen LogP contribution in [0.1, 0.15) is 80.1 Å². The Balaban J connectivity index is 1.51. The molecular weight excluding hydrogens is 348 g/mol. The van der Waals surface area contributed by atoms with Gasteiger partial charge in [0, 0.05) is 0 Å². The van der Waals surface area contributed by atoms with Crippen molar-refractivity contribution in [3.8, 4) is 0 Å². The summed E-state index contributed by atoms with van der Waals surface area (Å²) < 4.78 is 5.39. The van der Waals surface area contributed by atoms with Gasteiger partial charge in [0.1, 0.15) is 0 Å². The first-order valence-electron chi connectivity index (χ1n) is 11.5. The van der Waals surface area contributed by atoms with Crippen LogP contribution in [-0.2, 0) is 14.3 Å². The Bertz CT molecular complexity index is 796. The van der Waals surface area contributed by atoms with Crippen LogP contribution in [0.4, 0.5) is 0 Å². The van der Waals surface area contributed by atoms with Crippen molar-refractivity contribution in [3.63, 3.8) is 0 Å². The highest BCUT2D eigenvalue weighted by Gasteiger charge is 2.79. The number of esters is 2. The maximum absolute atomic E-state index is 13.2. The normalized spacial score (nSPS) is 53.2. The molecule has 0 aromatic rings. The van der Waals surface area contributed by atoms with E-state index in [4.69, 9.17) is 4.74 Å². The SMILES string of the molecule is CC(C)C(=O)OC(=O)[C@]1(C)CCC[C@@]2(C)C3=C[C@@H]4[C@@H]5C[C@@]3(CC[C@H]12)[C@H](C)[C@@]45C. The second-order valence-corrected chi connectivity index (χ2v) is 11.8. The van der Waals surface area contributed by atoms with Crippen molar-refractivity contribution in [2.75, 3.05) is 0 Å². The number of hydrogen-bond donors (Lipinski definition) is 0. The molecular formula is C25H36O3. The number of hydrogen-bond acceptors (Lipinski definition) is 3. The van der Waals surface area contributed by atoms with E-state index in [0.717, 1.165) is 37.0 Å². The zero-order valence-electron chi connectivity index (χ0n) is 18.4. The predicted molar refractivity (Wildman–Crippen MR) is 108 cm³/mol. The van der Waals surface area contributed by atoms with Gasteiger partial charge in [-0.25, -0.2) is 0 Å². The van der Waals surface area contributed by atoms with E-state index in [2.05, 4.69) is 33.8 Å². The molecule has 8 atom stereocenters. The van der Waals surface area contributed by atoms with Crippen LogP contribution in [0.15, 0.2) is 11.6 Å². The first-order valence-corrected chi connectivity index (χ1v) is 11.5. The molecule has 4 fully saturated rings. The predicted octanol–water partition coefficient (Wildman–Crippen LogP) is 5.54. The van der Waals surface area contributed by atoms with Crippen molar-refractivity contribution >= 4 is 11.9 Å². The van der Waals surface area contributed by atoms with E-state index in [1.165, 1.54) is 19.3 Å². The molecule has 0 aliphatic heterocycles. The van der Waals surface area contributed by atoms with Gasteiger partial charge in [-0.05, 0) is 78.9 Å². The Morgan fingerprint density at radius 3 is 2.46 bits per heavy atom. The summed E-state index contributed by atoms with van der Waals surface area (Å²) in [6, 6.07) is 0. The molecule has 6 aliphatic rings. The number of ether oxygens (including phenoxy) is 1. The average molecular weight is 385 g/mol. The van der Waals surface area contributed by atoms with Crippen LogP contribution in [0, 0.1) is 51.2 Å². The van der Waals surface area contributed by atoms with Crippen molar-refractivity contribution < 1.29 is 14.3 Å². The van der Waals surface area contributed by atoms with Gasteiger partial charge < -0.3 is 4.74 Å². The van der Waals surface area contributed by atoms with Crippen molar-refractivity contribution in [2.45, 2.75) is 80.1 Å². The lowest BCUT2D eigenvalue weighted by molar-refractivity contribution is -0.178. The number of fused-ring (bicyclic) bond motifs is 1. The van der Waals surface area contributed by atoms with Crippen LogP contribution in [0.2, 0.25) is 0 Å². The number of carbonyl (C=O) groups is 2. The first kappa shape index (κ1) is 18.9. The summed E-state index contributed by atoms with van der Waals surface area (Å²) in [5.74, 6) is 1.78. The second-order valence-electron chi connectivity index (χ2n) is 11.8. The van der Waals surface area contributed by atoms with Crippen LogP contribution in [0.5, 0.6) is 0 Å². The van der Waals surface area contributed by atoms with Gasteiger partial charge in [-0.3, -0.25) is 9.59 Å². The van der Waals surface area contributed by atoms with E-state index in [1.54, 1.807) is 19.4 Å². The van der Waals surface area contributed by atoms with Gasteiger partial charge in [-0.1, -0.05) is 52.7 Å². The third-order valence-electron chi connectivity index (χ3n) is 10.6. The summed E-state index contributed by atoms with van der Waals surface area (Å²) in [7, 11) is 0. The minimum absolute atomic E-state index is 0.0777. The zero-order chi connectivity index (χ0) is 20.3. The summed E-state index contributed by atoms with van der Waals surface area (Å²) in [5.41, 5.74) is 2.13. The van der Waals surface area contributed by atoms with Crippen LogP contribution < -0.4 is 0 Å². The smallest absolute Gasteiger partial charge is 0.319 e. The largest absolute Gasteiger partial charge is 0.393 e. The molecule has 0 amide bonds. The molecule has 4 saturated carbocycles. The zero-order valence-corrected chi connectivity index (χ0v) is 18.4. The minimum atomic E-state index is -0.545. The van der Waals surface area contributed by atoms with Crippen molar-refractivity contribution in [3.05, 3.63) is 11.6 Å². The van der Waals surface area contributed by atoms with E-state index in [1.807, 2.05) is 0 Å². The van der Waals surface area contributed by atoms with Gasteiger partial charge >= 0.3 is 11.9 Å². The van der Waals surface area contributed by atoms with E-state index < -0.39 is 5.41 Å². The molecule has 6 rings (SSSR count). The van der Waals surface area contributed by atoms with Gasteiger partial charge in [0.2, 0.25) is 0 Å². The molecule has 6 aliphatic carbocycles. The number of carbonyl (C=O) groups excluding carboxylic acids is 2. The van der Waals surface area contributed by atoms with E-state index in [-0.39, 0.29) is 29.2 Å². The standard InChI is InChI=1S/C25H36O3/c1-14(2)20(26)28-21(27)23(5)10-7-9-22(4)18(23)8-11-25-13-17-16(12-19(22)25)24(17,6)15(25)3/h12,14-18H,7-11,13H2,1-6H3/t15-,16-,17+,18+,22-,23-,24+,25+/m1/s1. The van der Waals surface area contributed by atoms with Gasteiger partial charge in [-0.15, -0.1) is 0 Å². The molecule has 154 valence electrons. The Hall–Kier alpha value is -1.12. The van der Waals surface area contributed by atoms with Crippen LogP contribution in [0.25, 0.3) is 0 Å². The highest BCUT2D eigenvalue weighted by molar-refractivity contribution is 5.89. The fourth-order valence-electron chi connectivity index (χ4n) is 8.78. The Labute approximate surface area is 169 Å². The lowest BCUT2D eigenvalue weighted by Crippen LogP contribution is -2.57. The second kappa shape index (κ2) is 5.32. The fraction of sp³-hybridized carbons (Fsp3) is 0.840. The number of rotatable bonds is 2. The van der Waals surface area contributed by atoms with E-state index >= 15 is 0 Å². The molecule has 1 spiro atoms. The Morgan fingerprint density at radius 1 is 1.14 bits per heavy atom. The van der Waals surface area contributed by atoms with Gasteiger partial charge in [0.15, 0.2) is 0 Å². The highest BCUT2D eigenvalue weighted by Crippen LogP contribution is 2.85. The van der Waals surface area contributed by atoms with Crippen molar-refractivity contribution in [1.82, 2.24) is 0 Å². The minimum Gasteiger partial charge on any atom is -0.393 e. The number of allylic oxidation sites excluding steroid dienone is 2. The lowest BCUT2D eigenvalue weighted by atomic mass is 9.41. The molecule has 0 N–H and O–H groups in total. The molecule has 0 radical (unpaired) electrons. The molecule has 0 aromatic heterocycles. The third-order valence-corrected chi connectivity index (χ3v) is 10.6. The molecule has 3 heteroatoms. The summed E-state index contributed by atoms with van der Waals surface area (Å²) in [6.45, 7) is 13.1.